The summed E-state index contributed by atoms with van der Waals surface area (Å²) in [5.74, 6) is 1.35. The topological polar surface area (TPSA) is 54.5 Å². The van der Waals surface area contributed by atoms with Gasteiger partial charge in [-0.3, -0.25) is 9.78 Å². The number of nitrogens with zero attached hydrogens (tertiary/aromatic N) is 2. The maximum absolute atomic E-state index is 12.2. The molecule has 0 bridgehead atoms. The van der Waals surface area contributed by atoms with Crippen molar-refractivity contribution in [3.8, 4) is 11.5 Å². The lowest BCUT2D eigenvalue weighted by Crippen LogP contribution is -2.32. The highest BCUT2D eigenvalue weighted by atomic mass is 16.5. The van der Waals surface area contributed by atoms with Crippen LogP contribution in [0.4, 0.5) is 0 Å². The van der Waals surface area contributed by atoms with E-state index in [1.807, 2.05) is 19.2 Å². The highest BCUT2D eigenvalue weighted by Gasteiger charge is 2.11. The van der Waals surface area contributed by atoms with Gasteiger partial charge in [-0.25, -0.2) is 0 Å². The van der Waals surface area contributed by atoms with E-state index in [1.54, 1.807) is 48.6 Å². The number of aromatic nitrogens is 1. The van der Waals surface area contributed by atoms with Crippen molar-refractivity contribution in [2.45, 2.75) is 0 Å². The molecule has 0 fully saturated rings. The van der Waals surface area contributed by atoms with E-state index in [4.69, 9.17) is 4.74 Å². The summed E-state index contributed by atoms with van der Waals surface area (Å²) in [6.07, 6.45) is 3.33. The van der Waals surface area contributed by atoms with Crippen molar-refractivity contribution in [1.29, 1.82) is 0 Å². The van der Waals surface area contributed by atoms with E-state index >= 15 is 0 Å². The second kappa shape index (κ2) is 7.40. The minimum Gasteiger partial charge on any atom is -0.456 e. The van der Waals surface area contributed by atoms with E-state index < -0.39 is 0 Å². The van der Waals surface area contributed by atoms with Crippen LogP contribution < -0.4 is 10.1 Å². The fraction of sp³-hybridized carbons (Fsp3) is 0.250. The molecular formula is C16H19N3O2. The molecule has 5 heteroatoms. The van der Waals surface area contributed by atoms with Gasteiger partial charge in [0, 0.05) is 31.9 Å². The van der Waals surface area contributed by atoms with Gasteiger partial charge >= 0.3 is 0 Å². The largest absolute Gasteiger partial charge is 0.456 e. The van der Waals surface area contributed by atoms with Gasteiger partial charge < -0.3 is 15.0 Å². The minimum atomic E-state index is -0.00169. The molecule has 5 nitrogen and oxygen atoms in total. The monoisotopic (exact) mass is 285 g/mol. The molecule has 0 unspecified atom stereocenters. The van der Waals surface area contributed by atoms with Crippen molar-refractivity contribution in [1.82, 2.24) is 15.2 Å². The molecule has 0 aliphatic heterocycles. The van der Waals surface area contributed by atoms with E-state index in [9.17, 15) is 4.79 Å². The van der Waals surface area contributed by atoms with Gasteiger partial charge in [-0.1, -0.05) is 0 Å². The zero-order valence-corrected chi connectivity index (χ0v) is 12.2. The smallest absolute Gasteiger partial charge is 0.253 e. The van der Waals surface area contributed by atoms with E-state index in [-0.39, 0.29) is 5.91 Å². The van der Waals surface area contributed by atoms with Gasteiger partial charge in [0.1, 0.15) is 11.5 Å². The summed E-state index contributed by atoms with van der Waals surface area (Å²) in [7, 11) is 3.66. The Balaban J connectivity index is 2.00. The number of likely N-dealkylation sites (N-methyl/N-ethyl adjacent to an activating group) is 2. The van der Waals surface area contributed by atoms with Crippen molar-refractivity contribution in [3.63, 3.8) is 0 Å². The molecule has 0 atom stereocenters. The summed E-state index contributed by atoms with van der Waals surface area (Å²) in [5.41, 5.74) is 0.645. The molecule has 0 saturated carbocycles. The lowest BCUT2D eigenvalue weighted by Gasteiger charge is -2.17. The first-order chi connectivity index (χ1) is 10.2. The zero-order chi connectivity index (χ0) is 15.1. The number of hydrogen-bond acceptors (Lipinski definition) is 4. The molecule has 1 N–H and O–H groups in total. The van der Waals surface area contributed by atoms with Gasteiger partial charge in [0.15, 0.2) is 0 Å². The lowest BCUT2D eigenvalue weighted by molar-refractivity contribution is 0.0797. The molecule has 0 spiro atoms. The number of carbonyl (C=O) groups is 1. The number of pyridine rings is 1. The molecule has 110 valence electrons. The standard InChI is InChI=1S/C16H19N3O2/c1-17-10-11-19(2)16(20)13-5-7-14(8-6-13)21-15-4-3-9-18-12-15/h3-9,12,17H,10-11H2,1-2H3. The van der Waals surface area contributed by atoms with Crippen LogP contribution >= 0.6 is 0 Å². The molecule has 1 aromatic heterocycles. The Morgan fingerprint density at radius 3 is 2.62 bits per heavy atom. The molecular weight excluding hydrogens is 266 g/mol. The Labute approximate surface area is 124 Å². The Bertz CT molecular complexity index is 570. The van der Waals surface area contributed by atoms with Crippen LogP contribution in [-0.4, -0.2) is 43.0 Å². The van der Waals surface area contributed by atoms with Crippen molar-refractivity contribution >= 4 is 5.91 Å². The Morgan fingerprint density at radius 1 is 1.24 bits per heavy atom. The van der Waals surface area contributed by atoms with Gasteiger partial charge in [0.05, 0.1) is 6.20 Å². The van der Waals surface area contributed by atoms with Crippen LogP contribution in [0.25, 0.3) is 0 Å². The van der Waals surface area contributed by atoms with Crippen LogP contribution in [0.2, 0.25) is 0 Å². The number of amides is 1. The van der Waals surface area contributed by atoms with E-state index in [2.05, 4.69) is 10.3 Å². The van der Waals surface area contributed by atoms with Crippen LogP contribution in [0.15, 0.2) is 48.8 Å². The predicted molar refractivity (Wildman–Crippen MR) is 81.6 cm³/mol. The average Bonchev–Trinajstić information content (AvgIpc) is 2.53. The Hall–Kier alpha value is -2.40. The first-order valence-corrected chi connectivity index (χ1v) is 6.78. The van der Waals surface area contributed by atoms with Crippen LogP contribution in [0.5, 0.6) is 11.5 Å². The Kier molecular flexibility index (Phi) is 5.29. The Morgan fingerprint density at radius 2 is 2.00 bits per heavy atom. The average molecular weight is 285 g/mol. The van der Waals surface area contributed by atoms with Crippen molar-refractivity contribution in [3.05, 3.63) is 54.4 Å². The van der Waals surface area contributed by atoms with Crippen LogP contribution in [0.1, 0.15) is 10.4 Å². The van der Waals surface area contributed by atoms with Crippen molar-refractivity contribution in [2.24, 2.45) is 0 Å². The minimum absolute atomic E-state index is 0.00169. The van der Waals surface area contributed by atoms with Gasteiger partial charge in [-0.05, 0) is 43.4 Å². The SMILES string of the molecule is CNCCN(C)C(=O)c1ccc(Oc2cccnc2)cc1. The molecule has 0 saturated heterocycles. The second-order valence-corrected chi connectivity index (χ2v) is 4.65. The molecule has 0 aliphatic rings. The first-order valence-electron chi connectivity index (χ1n) is 6.78. The first kappa shape index (κ1) is 15.0. The molecule has 1 amide bonds. The highest BCUT2D eigenvalue weighted by molar-refractivity contribution is 5.94. The third kappa shape index (κ3) is 4.29. The highest BCUT2D eigenvalue weighted by Crippen LogP contribution is 2.20. The summed E-state index contributed by atoms with van der Waals surface area (Å²) in [4.78, 5) is 17.8. The number of carbonyl (C=O) groups excluding carboxylic acids is 1. The maximum atomic E-state index is 12.2. The van der Waals surface area contributed by atoms with Crippen LogP contribution in [0, 0.1) is 0 Å². The normalized spacial score (nSPS) is 10.2. The molecule has 21 heavy (non-hydrogen) atoms. The predicted octanol–water partition coefficient (Wildman–Crippen LogP) is 2.17. The van der Waals surface area contributed by atoms with E-state index in [1.165, 1.54) is 0 Å². The van der Waals surface area contributed by atoms with Crippen LogP contribution in [0.3, 0.4) is 0 Å². The molecule has 0 aliphatic carbocycles. The van der Waals surface area contributed by atoms with Crippen molar-refractivity contribution in [2.75, 3.05) is 27.2 Å². The number of rotatable bonds is 6. The van der Waals surface area contributed by atoms with Crippen LogP contribution in [-0.2, 0) is 0 Å². The van der Waals surface area contributed by atoms with Gasteiger partial charge in [-0.15, -0.1) is 0 Å². The molecule has 1 aromatic carbocycles. The molecule has 2 rings (SSSR count). The molecule has 0 radical (unpaired) electrons. The lowest BCUT2D eigenvalue weighted by atomic mass is 10.2. The number of ether oxygens (including phenoxy) is 1. The fourth-order valence-electron chi connectivity index (χ4n) is 1.81. The van der Waals surface area contributed by atoms with Gasteiger partial charge in [-0.2, -0.15) is 0 Å². The van der Waals surface area contributed by atoms with E-state index in [0.29, 0.717) is 23.6 Å². The summed E-state index contributed by atoms with van der Waals surface area (Å²) >= 11 is 0. The summed E-state index contributed by atoms with van der Waals surface area (Å²) in [6, 6.07) is 10.7. The molecule has 2 aromatic rings. The third-order valence-corrected chi connectivity index (χ3v) is 3.02. The quantitative estimate of drug-likeness (QED) is 0.883. The maximum Gasteiger partial charge on any atom is 0.253 e. The van der Waals surface area contributed by atoms with Gasteiger partial charge in [0.25, 0.3) is 5.91 Å². The summed E-state index contributed by atoms with van der Waals surface area (Å²) in [6.45, 7) is 1.44. The van der Waals surface area contributed by atoms with Crippen molar-refractivity contribution < 1.29 is 9.53 Å². The summed E-state index contributed by atoms with van der Waals surface area (Å²) in [5, 5.41) is 3.02. The third-order valence-electron chi connectivity index (χ3n) is 3.02. The number of hydrogen-bond donors (Lipinski definition) is 1. The second-order valence-electron chi connectivity index (χ2n) is 4.65. The zero-order valence-electron chi connectivity index (χ0n) is 12.2. The fourth-order valence-corrected chi connectivity index (χ4v) is 1.81. The molecule has 1 heterocycles. The summed E-state index contributed by atoms with van der Waals surface area (Å²) < 4.78 is 5.64. The number of nitrogens with one attached hydrogen (secondary N) is 1. The van der Waals surface area contributed by atoms with Gasteiger partial charge in [0.2, 0.25) is 0 Å². The van der Waals surface area contributed by atoms with E-state index in [0.717, 1.165) is 6.54 Å². The number of benzene rings is 1.